The van der Waals surface area contributed by atoms with Crippen LogP contribution in [0.2, 0.25) is 0 Å². The number of hydrogen-bond acceptors (Lipinski definition) is 6. The number of ether oxygens (including phenoxy) is 1. The van der Waals surface area contributed by atoms with Crippen molar-refractivity contribution >= 4 is 27.6 Å². The third-order valence-electron chi connectivity index (χ3n) is 4.85. The van der Waals surface area contributed by atoms with Crippen LogP contribution >= 0.6 is 15.9 Å². The summed E-state index contributed by atoms with van der Waals surface area (Å²) in [6.45, 7) is 1.79. The van der Waals surface area contributed by atoms with Crippen molar-refractivity contribution in [2.45, 2.75) is 6.92 Å². The Morgan fingerprint density at radius 1 is 0.906 bits per heavy atom. The number of methoxy groups -OCH3 is 1. The monoisotopic (exact) mass is 488 g/mol. The summed E-state index contributed by atoms with van der Waals surface area (Å²) in [4.78, 5) is 9.29. The number of rotatable bonds is 6. The molecule has 0 aliphatic carbocycles. The Kier molecular flexibility index (Phi) is 6.47. The maximum Gasteiger partial charge on any atom is 0.244 e. The van der Waals surface area contributed by atoms with Crippen LogP contribution in [0.3, 0.4) is 0 Å². The van der Waals surface area contributed by atoms with Crippen LogP contribution in [-0.2, 0) is 0 Å². The van der Waals surface area contributed by atoms with Crippen molar-refractivity contribution in [3.63, 3.8) is 0 Å². The molecule has 7 heteroatoms. The number of aromatic hydroxyl groups is 1. The first-order valence-electron chi connectivity index (χ1n) is 9.91. The molecule has 1 heterocycles. The van der Waals surface area contributed by atoms with E-state index in [0.717, 1.165) is 27.0 Å². The molecule has 0 aliphatic rings. The standard InChI is InChI=1S/C25H21BrN4O2/c1-16(21-14-20(32-2)12-13-24(21)31)29-30-25-27-22(17-6-4-3-5-7-17)15-23(28-25)18-8-10-19(26)11-9-18/h3-15,31H,1-2H3,(H,27,28,30)/b29-16-. The molecule has 32 heavy (non-hydrogen) atoms. The molecule has 6 nitrogen and oxygen atoms in total. The zero-order valence-corrected chi connectivity index (χ0v) is 19.2. The van der Waals surface area contributed by atoms with E-state index >= 15 is 0 Å². The molecule has 0 fully saturated rings. The fourth-order valence-electron chi connectivity index (χ4n) is 3.15. The van der Waals surface area contributed by atoms with Crippen molar-refractivity contribution in [2.75, 3.05) is 12.5 Å². The molecule has 4 aromatic rings. The Labute approximate surface area is 194 Å². The van der Waals surface area contributed by atoms with Gasteiger partial charge in [0.2, 0.25) is 5.95 Å². The van der Waals surface area contributed by atoms with Crippen molar-refractivity contribution in [1.29, 1.82) is 0 Å². The van der Waals surface area contributed by atoms with Gasteiger partial charge in [-0.25, -0.2) is 15.4 Å². The SMILES string of the molecule is COc1ccc(O)c(/C(C)=N\Nc2nc(-c3ccccc3)cc(-c3ccc(Br)cc3)n2)c1. The van der Waals surface area contributed by atoms with E-state index in [4.69, 9.17) is 4.74 Å². The molecule has 0 bridgehead atoms. The molecule has 0 aliphatic heterocycles. The highest BCUT2D eigenvalue weighted by Gasteiger charge is 2.10. The topological polar surface area (TPSA) is 79.6 Å². The number of hydrazone groups is 1. The van der Waals surface area contributed by atoms with Crippen molar-refractivity contribution in [3.8, 4) is 34.0 Å². The molecule has 160 valence electrons. The first-order valence-corrected chi connectivity index (χ1v) is 10.7. The highest BCUT2D eigenvalue weighted by Crippen LogP contribution is 2.27. The number of hydrogen-bond donors (Lipinski definition) is 2. The minimum absolute atomic E-state index is 0.114. The second-order valence-corrected chi connectivity index (χ2v) is 7.94. The first-order chi connectivity index (χ1) is 15.5. The number of nitrogens with one attached hydrogen (secondary N) is 1. The van der Waals surface area contributed by atoms with Crippen LogP contribution in [-0.4, -0.2) is 27.9 Å². The fourth-order valence-corrected chi connectivity index (χ4v) is 3.41. The normalized spacial score (nSPS) is 11.3. The minimum atomic E-state index is 0.114. The van der Waals surface area contributed by atoms with Gasteiger partial charge in [-0.1, -0.05) is 58.4 Å². The molecule has 0 saturated heterocycles. The van der Waals surface area contributed by atoms with E-state index in [1.165, 1.54) is 0 Å². The van der Waals surface area contributed by atoms with Crippen LogP contribution in [0.4, 0.5) is 5.95 Å². The van der Waals surface area contributed by atoms with Crippen LogP contribution in [0, 0.1) is 0 Å². The molecular weight excluding hydrogens is 468 g/mol. The van der Waals surface area contributed by atoms with Crippen molar-refractivity contribution < 1.29 is 9.84 Å². The molecule has 0 spiro atoms. The number of phenolic OH excluding ortho intramolecular Hbond substituents is 1. The summed E-state index contributed by atoms with van der Waals surface area (Å²) >= 11 is 3.47. The maximum absolute atomic E-state index is 10.2. The van der Waals surface area contributed by atoms with Gasteiger partial charge in [0.1, 0.15) is 11.5 Å². The van der Waals surface area contributed by atoms with Gasteiger partial charge in [0.25, 0.3) is 0 Å². The quantitative estimate of drug-likeness (QED) is 0.252. The van der Waals surface area contributed by atoms with Gasteiger partial charge >= 0.3 is 0 Å². The molecule has 0 saturated carbocycles. The zero-order valence-electron chi connectivity index (χ0n) is 17.6. The molecule has 0 radical (unpaired) electrons. The van der Waals surface area contributed by atoms with Gasteiger partial charge in [0.05, 0.1) is 24.2 Å². The summed E-state index contributed by atoms with van der Waals surface area (Å²) in [5, 5.41) is 14.6. The number of anilines is 1. The maximum atomic E-state index is 10.2. The van der Waals surface area contributed by atoms with Gasteiger partial charge in [-0.05, 0) is 43.3 Å². The van der Waals surface area contributed by atoms with Crippen LogP contribution in [0.15, 0.2) is 88.4 Å². The summed E-state index contributed by atoms with van der Waals surface area (Å²) in [6, 6.07) is 24.8. The first kappa shape index (κ1) is 21.5. The minimum Gasteiger partial charge on any atom is -0.507 e. The molecule has 2 N–H and O–H groups in total. The van der Waals surface area contributed by atoms with E-state index in [2.05, 4.69) is 36.4 Å². The summed E-state index contributed by atoms with van der Waals surface area (Å²) in [5.41, 5.74) is 7.55. The highest BCUT2D eigenvalue weighted by atomic mass is 79.9. The van der Waals surface area contributed by atoms with Gasteiger partial charge in [-0.15, -0.1) is 0 Å². The Morgan fingerprint density at radius 2 is 1.56 bits per heavy atom. The van der Waals surface area contributed by atoms with E-state index in [1.807, 2.05) is 60.7 Å². The third kappa shape index (κ3) is 4.95. The van der Waals surface area contributed by atoms with Gasteiger partial charge in [-0.2, -0.15) is 5.10 Å². The molecule has 0 atom stereocenters. The lowest BCUT2D eigenvalue weighted by Crippen LogP contribution is -2.04. The van der Waals surface area contributed by atoms with Gasteiger partial charge in [-0.3, -0.25) is 0 Å². The van der Waals surface area contributed by atoms with Crippen molar-refractivity contribution in [1.82, 2.24) is 9.97 Å². The zero-order chi connectivity index (χ0) is 22.5. The summed E-state index contributed by atoms with van der Waals surface area (Å²) < 4.78 is 6.24. The largest absolute Gasteiger partial charge is 0.507 e. The Bertz CT molecular complexity index is 1260. The lowest BCUT2D eigenvalue weighted by Gasteiger charge is -2.10. The Morgan fingerprint density at radius 3 is 2.22 bits per heavy atom. The number of benzene rings is 3. The fraction of sp³-hybridized carbons (Fsp3) is 0.0800. The molecule has 4 rings (SSSR count). The molecular formula is C25H21BrN4O2. The van der Waals surface area contributed by atoms with Gasteiger partial charge < -0.3 is 9.84 Å². The van der Waals surface area contributed by atoms with Crippen LogP contribution in [0.5, 0.6) is 11.5 Å². The van der Waals surface area contributed by atoms with E-state index < -0.39 is 0 Å². The second kappa shape index (κ2) is 9.62. The van der Waals surface area contributed by atoms with E-state index in [1.54, 1.807) is 32.2 Å². The Balaban J connectivity index is 1.72. The van der Waals surface area contributed by atoms with Crippen LogP contribution in [0.1, 0.15) is 12.5 Å². The van der Waals surface area contributed by atoms with E-state index in [9.17, 15) is 5.11 Å². The predicted octanol–water partition coefficient (Wildman–Crippen LogP) is 6.12. The summed E-state index contributed by atoms with van der Waals surface area (Å²) in [6.07, 6.45) is 0. The lowest BCUT2D eigenvalue weighted by molar-refractivity contribution is 0.412. The second-order valence-electron chi connectivity index (χ2n) is 7.03. The Hall–Kier alpha value is -3.71. The summed E-state index contributed by atoms with van der Waals surface area (Å²) in [5.74, 6) is 1.10. The van der Waals surface area contributed by atoms with E-state index in [-0.39, 0.29) is 5.75 Å². The van der Waals surface area contributed by atoms with Crippen molar-refractivity contribution in [3.05, 3.63) is 88.9 Å². The van der Waals surface area contributed by atoms with Gasteiger partial charge in [0, 0.05) is 21.2 Å². The van der Waals surface area contributed by atoms with Crippen LogP contribution in [0.25, 0.3) is 22.5 Å². The number of aromatic nitrogens is 2. The molecule has 3 aromatic carbocycles. The van der Waals surface area contributed by atoms with Gasteiger partial charge in [0.15, 0.2) is 0 Å². The predicted molar refractivity (Wildman–Crippen MR) is 131 cm³/mol. The van der Waals surface area contributed by atoms with Crippen LogP contribution < -0.4 is 10.2 Å². The number of halogens is 1. The number of phenols is 1. The summed E-state index contributed by atoms with van der Waals surface area (Å²) in [7, 11) is 1.58. The highest BCUT2D eigenvalue weighted by molar-refractivity contribution is 9.10. The average Bonchev–Trinajstić information content (AvgIpc) is 2.83. The third-order valence-corrected chi connectivity index (χ3v) is 5.38. The smallest absolute Gasteiger partial charge is 0.244 e. The molecule has 0 amide bonds. The number of nitrogens with zero attached hydrogens (tertiary/aromatic N) is 3. The van der Waals surface area contributed by atoms with E-state index in [0.29, 0.717) is 23.0 Å². The van der Waals surface area contributed by atoms with Crippen molar-refractivity contribution in [2.24, 2.45) is 5.10 Å². The lowest BCUT2D eigenvalue weighted by atomic mass is 10.1. The molecule has 0 unspecified atom stereocenters. The molecule has 1 aromatic heterocycles. The average molecular weight is 489 g/mol.